The van der Waals surface area contributed by atoms with Crippen LogP contribution in [0, 0.1) is 5.82 Å². The molecule has 1 aromatic heterocycles. The summed E-state index contributed by atoms with van der Waals surface area (Å²) in [5.74, 6) is -5.19. The fourth-order valence-electron chi connectivity index (χ4n) is 6.25. The van der Waals surface area contributed by atoms with Gasteiger partial charge in [0.15, 0.2) is 0 Å². The Morgan fingerprint density at radius 1 is 0.955 bits per heavy atom. The molecule has 230 valence electrons. The number of hydrogen-bond acceptors (Lipinski definition) is 5. The van der Waals surface area contributed by atoms with Crippen molar-refractivity contribution in [1.29, 1.82) is 0 Å². The van der Waals surface area contributed by atoms with E-state index < -0.39 is 40.1 Å². The molecule has 0 bridgehead atoms. The van der Waals surface area contributed by atoms with Crippen molar-refractivity contribution in [3.63, 3.8) is 0 Å². The largest absolute Gasteiger partial charge is 0.332 e. The quantitative estimate of drug-likeness (QED) is 0.315. The van der Waals surface area contributed by atoms with Gasteiger partial charge in [0.1, 0.15) is 5.82 Å². The van der Waals surface area contributed by atoms with Gasteiger partial charge in [0.05, 0.1) is 40.5 Å². The first-order valence-corrected chi connectivity index (χ1v) is 15.9. The Hall–Kier alpha value is -4.00. The third-order valence-corrected chi connectivity index (χ3v) is 9.47. The molecule has 2 aliphatic heterocycles. The van der Waals surface area contributed by atoms with E-state index in [2.05, 4.69) is 10.00 Å². The number of amides is 1. The monoisotopic (exact) mass is 623 g/mol. The first-order chi connectivity index (χ1) is 21.0. The highest BCUT2D eigenvalue weighted by Crippen LogP contribution is 2.41. The molecule has 0 aliphatic carbocycles. The maximum atomic E-state index is 15.2. The highest BCUT2D eigenvalue weighted by molar-refractivity contribution is 7.89. The van der Waals surface area contributed by atoms with Gasteiger partial charge in [-0.1, -0.05) is 42.5 Å². The molecule has 0 saturated carbocycles. The van der Waals surface area contributed by atoms with Crippen molar-refractivity contribution in [2.75, 3.05) is 26.2 Å². The Bertz CT molecular complexity index is 1740. The van der Waals surface area contributed by atoms with Gasteiger partial charge in [-0.05, 0) is 73.5 Å². The minimum Gasteiger partial charge on any atom is -0.332 e. The zero-order valence-electron chi connectivity index (χ0n) is 23.8. The Labute approximate surface area is 253 Å². The van der Waals surface area contributed by atoms with Gasteiger partial charge in [-0.15, -0.1) is 0 Å². The van der Waals surface area contributed by atoms with E-state index in [1.807, 2.05) is 0 Å². The molecular weight excluding hydrogens is 591 g/mol. The van der Waals surface area contributed by atoms with Crippen LogP contribution in [0.5, 0.6) is 0 Å². The number of carbonyl (C=O) groups excluding carboxylic acids is 1. The normalized spacial score (nSPS) is 19.4. The summed E-state index contributed by atoms with van der Waals surface area (Å²) in [6.45, 7) is 1.17. The lowest BCUT2D eigenvalue weighted by Crippen LogP contribution is -2.35. The van der Waals surface area contributed by atoms with Gasteiger partial charge < -0.3 is 4.90 Å². The van der Waals surface area contributed by atoms with Crippen LogP contribution >= 0.6 is 0 Å². The van der Waals surface area contributed by atoms with Crippen LogP contribution in [0.15, 0.2) is 90.0 Å². The predicted octanol–water partition coefficient (Wildman–Crippen LogP) is 4.91. The van der Waals surface area contributed by atoms with E-state index >= 15 is 8.78 Å². The van der Waals surface area contributed by atoms with E-state index in [-0.39, 0.29) is 22.9 Å². The number of likely N-dealkylation sites (tertiary alicyclic amines) is 2. The molecule has 8 nitrogen and oxygen atoms in total. The van der Waals surface area contributed by atoms with E-state index in [9.17, 15) is 17.6 Å². The molecule has 0 spiro atoms. The highest BCUT2D eigenvalue weighted by Gasteiger charge is 2.50. The molecule has 44 heavy (non-hydrogen) atoms. The lowest BCUT2D eigenvalue weighted by molar-refractivity contribution is -0.00244. The summed E-state index contributed by atoms with van der Waals surface area (Å²) in [5.41, 5.74) is 2.90. The molecule has 3 aromatic carbocycles. The minimum absolute atomic E-state index is 0.0528. The van der Waals surface area contributed by atoms with Gasteiger partial charge in [-0.2, -0.15) is 5.10 Å². The second kappa shape index (κ2) is 11.8. The fraction of sp³-hybridized carbons (Fsp3) is 0.312. The zero-order valence-corrected chi connectivity index (χ0v) is 24.6. The number of rotatable bonds is 7. The van der Waals surface area contributed by atoms with Crippen molar-refractivity contribution in [3.05, 3.63) is 113 Å². The van der Waals surface area contributed by atoms with E-state index in [4.69, 9.17) is 5.14 Å². The number of benzene rings is 3. The van der Waals surface area contributed by atoms with Crippen molar-refractivity contribution < 1.29 is 26.4 Å². The predicted molar refractivity (Wildman–Crippen MR) is 159 cm³/mol. The van der Waals surface area contributed by atoms with Crippen molar-refractivity contribution in [1.82, 2.24) is 19.6 Å². The number of hydrogen-bond donors (Lipinski definition) is 1. The van der Waals surface area contributed by atoms with Crippen LogP contribution in [0.3, 0.4) is 0 Å². The topological polar surface area (TPSA) is 102 Å². The van der Waals surface area contributed by atoms with Crippen molar-refractivity contribution in [2.45, 2.75) is 42.0 Å². The first kappa shape index (κ1) is 30.0. The number of carbonyl (C=O) groups is 1. The maximum absolute atomic E-state index is 15.2. The smallest absolute Gasteiger partial charge is 0.273 e. The molecule has 2 aliphatic rings. The molecular formula is C32H32F3N5O3S. The Kier molecular flexibility index (Phi) is 8.08. The second-order valence-corrected chi connectivity index (χ2v) is 13.0. The average molecular weight is 624 g/mol. The van der Waals surface area contributed by atoms with Crippen LogP contribution in [-0.2, 0) is 16.6 Å². The number of piperidine rings is 1. The summed E-state index contributed by atoms with van der Waals surface area (Å²) in [4.78, 5) is 17.4. The summed E-state index contributed by atoms with van der Waals surface area (Å²) in [5, 5.41) is 9.70. The molecule has 1 amide bonds. The summed E-state index contributed by atoms with van der Waals surface area (Å²) in [6.07, 6.45) is 2.78. The highest BCUT2D eigenvalue weighted by atomic mass is 32.2. The number of nitrogens with two attached hydrogens (primary N) is 1. The van der Waals surface area contributed by atoms with Crippen LogP contribution in [0.25, 0.3) is 5.69 Å². The minimum atomic E-state index is -3.77. The molecule has 1 atom stereocenters. The third kappa shape index (κ3) is 6.15. The van der Waals surface area contributed by atoms with E-state index in [0.29, 0.717) is 49.4 Å². The van der Waals surface area contributed by atoms with Crippen molar-refractivity contribution >= 4 is 15.9 Å². The molecule has 3 heterocycles. The van der Waals surface area contributed by atoms with E-state index in [1.54, 1.807) is 59.3 Å². The molecule has 2 N–H and O–H groups in total. The molecule has 2 saturated heterocycles. The van der Waals surface area contributed by atoms with Gasteiger partial charge in [0.2, 0.25) is 10.0 Å². The van der Waals surface area contributed by atoms with Gasteiger partial charge >= 0.3 is 0 Å². The van der Waals surface area contributed by atoms with Gasteiger partial charge in [-0.25, -0.2) is 31.4 Å². The Morgan fingerprint density at radius 3 is 2.25 bits per heavy atom. The molecule has 0 radical (unpaired) electrons. The molecule has 6 rings (SSSR count). The zero-order chi connectivity index (χ0) is 31.1. The van der Waals surface area contributed by atoms with Gasteiger partial charge in [0.25, 0.3) is 11.8 Å². The standard InChI is InChI=1S/C32H32F3N5O3S/c33-25-8-10-26(11-9-25)40-30(24-14-16-38(17-15-24)19-22-6-12-27(13-7-22)44(36,42)43)28(18-37-40)31(41)39-20-29(32(34,35)21-39)23-4-2-1-3-5-23/h1-13,18,24,29H,14-17,19-21H2,(H2,36,42,43). The molecule has 4 aromatic rings. The number of halogens is 3. The number of sulfonamides is 1. The Balaban J connectivity index is 1.24. The molecule has 12 heteroatoms. The van der Waals surface area contributed by atoms with E-state index in [0.717, 1.165) is 5.56 Å². The number of nitrogens with zero attached hydrogens (tertiary/aromatic N) is 4. The lowest BCUT2D eigenvalue weighted by atomic mass is 9.90. The number of primary sulfonamides is 1. The number of aromatic nitrogens is 2. The first-order valence-electron chi connectivity index (χ1n) is 14.4. The van der Waals surface area contributed by atoms with Crippen LogP contribution in [0.1, 0.15) is 51.9 Å². The second-order valence-electron chi connectivity index (χ2n) is 11.5. The molecule has 2 fully saturated rings. The van der Waals surface area contributed by atoms with E-state index in [1.165, 1.54) is 35.4 Å². The lowest BCUT2D eigenvalue weighted by Gasteiger charge is -2.33. The molecule has 1 unspecified atom stereocenters. The summed E-state index contributed by atoms with van der Waals surface area (Å²) in [7, 11) is -3.77. The summed E-state index contributed by atoms with van der Waals surface area (Å²) < 4.78 is 68.9. The van der Waals surface area contributed by atoms with Gasteiger partial charge in [0, 0.05) is 19.0 Å². The average Bonchev–Trinajstić information content (AvgIpc) is 3.59. The van der Waals surface area contributed by atoms with Crippen molar-refractivity contribution in [3.8, 4) is 5.69 Å². The SMILES string of the molecule is NS(=O)(=O)c1ccc(CN2CCC(c3c(C(=O)N4CC(c5ccccc5)C(F)(F)C4)cnn3-c3ccc(F)cc3)CC2)cc1. The fourth-order valence-corrected chi connectivity index (χ4v) is 6.77. The number of alkyl halides is 2. The van der Waals surface area contributed by atoms with Crippen LogP contribution < -0.4 is 5.14 Å². The Morgan fingerprint density at radius 2 is 1.61 bits per heavy atom. The third-order valence-electron chi connectivity index (χ3n) is 8.54. The van der Waals surface area contributed by atoms with Crippen LogP contribution in [-0.4, -0.2) is 66.0 Å². The maximum Gasteiger partial charge on any atom is 0.273 e. The summed E-state index contributed by atoms with van der Waals surface area (Å²) >= 11 is 0. The van der Waals surface area contributed by atoms with Crippen LogP contribution in [0.2, 0.25) is 0 Å². The van der Waals surface area contributed by atoms with Gasteiger partial charge in [-0.3, -0.25) is 9.69 Å². The van der Waals surface area contributed by atoms with Crippen molar-refractivity contribution in [2.24, 2.45) is 5.14 Å². The summed E-state index contributed by atoms with van der Waals surface area (Å²) in [6, 6.07) is 20.8. The van der Waals surface area contributed by atoms with Crippen LogP contribution in [0.4, 0.5) is 13.2 Å².